The lowest BCUT2D eigenvalue weighted by Gasteiger charge is -2.30. The molecule has 0 radical (unpaired) electrons. The number of hydrogen-bond donors (Lipinski definition) is 0. The van der Waals surface area contributed by atoms with E-state index in [0.29, 0.717) is 13.1 Å². The number of piperidine rings is 1. The van der Waals surface area contributed by atoms with E-state index in [1.54, 1.807) is 0 Å². The third kappa shape index (κ3) is 4.42. The number of nitrogens with zero attached hydrogens (tertiary/aromatic N) is 3. The average Bonchev–Trinajstić information content (AvgIpc) is 3.23. The molecular weight excluding hydrogens is 378 g/mol. The lowest BCUT2D eigenvalue weighted by molar-refractivity contribution is -0.134. The van der Waals surface area contributed by atoms with Crippen LogP contribution in [0.3, 0.4) is 0 Å². The highest BCUT2D eigenvalue weighted by Gasteiger charge is 2.27. The van der Waals surface area contributed by atoms with Crippen LogP contribution in [0.4, 0.5) is 5.69 Å². The molecule has 0 saturated carbocycles. The number of likely N-dealkylation sites (tertiary alicyclic amines) is 1. The smallest absolute Gasteiger partial charge is 0.260 e. The van der Waals surface area contributed by atoms with Gasteiger partial charge < -0.3 is 19.0 Å². The summed E-state index contributed by atoms with van der Waals surface area (Å²) in [5.41, 5.74) is 2.83. The van der Waals surface area contributed by atoms with Gasteiger partial charge >= 0.3 is 0 Å². The number of amides is 1. The first-order valence-corrected chi connectivity index (χ1v) is 10.8. The molecule has 0 aliphatic carbocycles. The summed E-state index contributed by atoms with van der Waals surface area (Å²) < 4.78 is 11.7. The van der Waals surface area contributed by atoms with Crippen molar-refractivity contribution in [3.05, 3.63) is 54.4 Å². The monoisotopic (exact) mass is 407 g/mol. The van der Waals surface area contributed by atoms with Crippen LogP contribution in [-0.2, 0) is 4.79 Å². The van der Waals surface area contributed by atoms with Gasteiger partial charge in [-0.25, -0.2) is 4.98 Å². The fourth-order valence-electron chi connectivity index (χ4n) is 4.04. The summed E-state index contributed by atoms with van der Waals surface area (Å²) >= 11 is 0. The van der Waals surface area contributed by atoms with Crippen molar-refractivity contribution in [2.45, 2.75) is 32.6 Å². The standard InChI is InChI=1S/C24H29N3O3/c1-3-26(4-2)19-8-7-9-20(16-19)29-17-23(28)27-14-12-18(13-15-27)24-25-21-10-5-6-11-22(21)30-24/h5-11,16,18H,3-4,12-15,17H2,1-2H3. The van der Waals surface area contributed by atoms with Crippen LogP contribution in [-0.4, -0.2) is 48.6 Å². The average molecular weight is 408 g/mol. The number of fused-ring (bicyclic) bond motifs is 1. The molecule has 3 aromatic rings. The van der Waals surface area contributed by atoms with Gasteiger partial charge in [-0.15, -0.1) is 0 Å². The van der Waals surface area contributed by atoms with Crippen LogP contribution in [0.25, 0.3) is 11.1 Å². The first-order valence-electron chi connectivity index (χ1n) is 10.8. The van der Waals surface area contributed by atoms with Crippen LogP contribution >= 0.6 is 0 Å². The summed E-state index contributed by atoms with van der Waals surface area (Å²) in [7, 11) is 0. The maximum absolute atomic E-state index is 12.6. The van der Waals surface area contributed by atoms with Crippen LogP contribution in [0.1, 0.15) is 38.5 Å². The van der Waals surface area contributed by atoms with Gasteiger partial charge in [0.1, 0.15) is 11.3 Å². The molecule has 30 heavy (non-hydrogen) atoms. The Balaban J connectivity index is 1.30. The molecule has 4 rings (SSSR count). The Morgan fingerprint density at radius 2 is 1.90 bits per heavy atom. The first kappa shape index (κ1) is 20.3. The van der Waals surface area contributed by atoms with Crippen molar-refractivity contribution >= 4 is 22.7 Å². The molecule has 1 amide bonds. The van der Waals surface area contributed by atoms with Crippen molar-refractivity contribution in [2.24, 2.45) is 0 Å². The van der Waals surface area contributed by atoms with Crippen molar-refractivity contribution < 1.29 is 13.9 Å². The van der Waals surface area contributed by atoms with E-state index < -0.39 is 0 Å². The van der Waals surface area contributed by atoms with Crippen LogP contribution in [0.15, 0.2) is 52.9 Å². The van der Waals surface area contributed by atoms with E-state index in [-0.39, 0.29) is 18.4 Å². The minimum Gasteiger partial charge on any atom is -0.484 e. The molecule has 6 heteroatoms. The molecule has 0 bridgehead atoms. The zero-order valence-electron chi connectivity index (χ0n) is 17.7. The number of anilines is 1. The number of carbonyl (C=O) groups excluding carboxylic acids is 1. The van der Waals surface area contributed by atoms with E-state index in [0.717, 1.165) is 54.4 Å². The van der Waals surface area contributed by atoms with E-state index in [2.05, 4.69) is 29.8 Å². The third-order valence-corrected chi connectivity index (χ3v) is 5.82. The van der Waals surface area contributed by atoms with Gasteiger partial charge in [-0.2, -0.15) is 0 Å². The molecule has 1 saturated heterocycles. The fraction of sp³-hybridized carbons (Fsp3) is 0.417. The summed E-state index contributed by atoms with van der Waals surface area (Å²) in [5, 5.41) is 0. The van der Waals surface area contributed by atoms with Gasteiger partial charge in [-0.3, -0.25) is 4.79 Å². The van der Waals surface area contributed by atoms with Gasteiger partial charge in [0.2, 0.25) is 0 Å². The van der Waals surface area contributed by atoms with Crippen molar-refractivity contribution in [3.8, 4) is 5.75 Å². The summed E-state index contributed by atoms with van der Waals surface area (Å²) in [6.07, 6.45) is 1.71. The van der Waals surface area contributed by atoms with E-state index in [1.165, 1.54) is 0 Å². The van der Waals surface area contributed by atoms with Crippen LogP contribution in [0, 0.1) is 0 Å². The Morgan fingerprint density at radius 3 is 2.63 bits per heavy atom. The molecule has 2 aromatic carbocycles. The summed E-state index contributed by atoms with van der Waals surface area (Å²) in [5.74, 6) is 1.80. The minimum absolute atomic E-state index is 0.0271. The largest absolute Gasteiger partial charge is 0.484 e. The Kier molecular flexibility index (Phi) is 6.21. The highest BCUT2D eigenvalue weighted by Crippen LogP contribution is 2.30. The van der Waals surface area contributed by atoms with Gasteiger partial charge in [-0.05, 0) is 51.0 Å². The molecule has 0 N–H and O–H groups in total. The quantitative estimate of drug-likeness (QED) is 0.579. The van der Waals surface area contributed by atoms with E-state index in [4.69, 9.17) is 9.15 Å². The molecular formula is C24H29N3O3. The van der Waals surface area contributed by atoms with Crippen molar-refractivity contribution in [3.63, 3.8) is 0 Å². The zero-order valence-corrected chi connectivity index (χ0v) is 17.7. The van der Waals surface area contributed by atoms with Crippen molar-refractivity contribution in [1.29, 1.82) is 0 Å². The third-order valence-electron chi connectivity index (χ3n) is 5.82. The first-order chi connectivity index (χ1) is 14.7. The van der Waals surface area contributed by atoms with E-state index >= 15 is 0 Å². The number of para-hydroxylation sites is 2. The number of aromatic nitrogens is 1. The zero-order chi connectivity index (χ0) is 20.9. The van der Waals surface area contributed by atoms with Gasteiger partial charge in [0.25, 0.3) is 5.91 Å². The maximum atomic E-state index is 12.6. The molecule has 0 spiro atoms. The maximum Gasteiger partial charge on any atom is 0.260 e. The Morgan fingerprint density at radius 1 is 1.13 bits per heavy atom. The molecule has 0 atom stereocenters. The van der Waals surface area contributed by atoms with Gasteiger partial charge in [0, 0.05) is 43.9 Å². The predicted molar refractivity (Wildman–Crippen MR) is 118 cm³/mol. The van der Waals surface area contributed by atoms with Crippen molar-refractivity contribution in [1.82, 2.24) is 9.88 Å². The Labute approximate surface area is 177 Å². The second-order valence-corrected chi connectivity index (χ2v) is 7.63. The lowest BCUT2D eigenvalue weighted by Crippen LogP contribution is -2.40. The van der Waals surface area contributed by atoms with Crippen LogP contribution in [0.5, 0.6) is 5.75 Å². The fourth-order valence-corrected chi connectivity index (χ4v) is 4.04. The van der Waals surface area contributed by atoms with Gasteiger partial charge in [0.05, 0.1) is 0 Å². The topological polar surface area (TPSA) is 58.8 Å². The van der Waals surface area contributed by atoms with Crippen molar-refractivity contribution in [2.75, 3.05) is 37.7 Å². The summed E-state index contributed by atoms with van der Waals surface area (Å²) in [4.78, 5) is 21.4. The van der Waals surface area contributed by atoms with E-state index in [9.17, 15) is 4.79 Å². The SMILES string of the molecule is CCN(CC)c1cccc(OCC(=O)N2CCC(c3nc4ccccc4o3)CC2)c1. The second kappa shape index (κ2) is 9.20. The van der Waals surface area contributed by atoms with E-state index in [1.807, 2.05) is 47.4 Å². The molecule has 0 unspecified atom stereocenters. The predicted octanol–water partition coefficient (Wildman–Crippen LogP) is 4.46. The molecule has 1 aliphatic heterocycles. The molecule has 6 nitrogen and oxygen atoms in total. The molecule has 158 valence electrons. The summed E-state index contributed by atoms with van der Waals surface area (Å²) in [6, 6.07) is 15.8. The Bertz CT molecular complexity index is 955. The number of rotatable bonds is 7. The minimum atomic E-state index is 0.0271. The number of hydrogen-bond acceptors (Lipinski definition) is 5. The molecule has 2 heterocycles. The lowest BCUT2D eigenvalue weighted by atomic mass is 9.97. The van der Waals surface area contributed by atoms with Crippen LogP contribution in [0.2, 0.25) is 0 Å². The van der Waals surface area contributed by atoms with Crippen LogP contribution < -0.4 is 9.64 Å². The Hall–Kier alpha value is -3.02. The molecule has 1 fully saturated rings. The number of ether oxygens (including phenoxy) is 1. The molecule has 1 aromatic heterocycles. The van der Waals surface area contributed by atoms with Gasteiger partial charge in [0.15, 0.2) is 18.1 Å². The summed E-state index contributed by atoms with van der Waals surface area (Å²) in [6.45, 7) is 7.60. The normalized spacial score (nSPS) is 14.8. The molecule has 1 aliphatic rings. The highest BCUT2D eigenvalue weighted by molar-refractivity contribution is 5.78. The van der Waals surface area contributed by atoms with Gasteiger partial charge in [-0.1, -0.05) is 18.2 Å². The highest BCUT2D eigenvalue weighted by atomic mass is 16.5. The second-order valence-electron chi connectivity index (χ2n) is 7.63. The number of oxazole rings is 1. The number of carbonyl (C=O) groups is 1. The number of benzene rings is 2.